The molecule has 0 fully saturated rings. The van der Waals surface area contributed by atoms with Crippen molar-refractivity contribution in [1.82, 2.24) is 10.3 Å². The van der Waals surface area contributed by atoms with Crippen LogP contribution in [0.1, 0.15) is 24.1 Å². The van der Waals surface area contributed by atoms with E-state index in [4.69, 9.17) is 4.74 Å². The molecule has 0 unspecified atom stereocenters. The van der Waals surface area contributed by atoms with Crippen LogP contribution in [-0.4, -0.2) is 18.6 Å². The van der Waals surface area contributed by atoms with E-state index in [0.29, 0.717) is 6.04 Å². The minimum absolute atomic E-state index is 0.326. The highest BCUT2D eigenvalue weighted by Gasteiger charge is 2.03. The van der Waals surface area contributed by atoms with E-state index in [-0.39, 0.29) is 0 Å². The number of methoxy groups -OCH3 is 1. The van der Waals surface area contributed by atoms with E-state index in [0.717, 1.165) is 18.7 Å². The number of pyridine rings is 1. The largest absolute Gasteiger partial charge is 0.497 e. The highest BCUT2D eigenvalue weighted by atomic mass is 16.5. The molecule has 1 aromatic carbocycles. The van der Waals surface area contributed by atoms with Crippen LogP contribution in [0.25, 0.3) is 0 Å². The van der Waals surface area contributed by atoms with Crippen molar-refractivity contribution in [3.05, 3.63) is 59.9 Å². The number of benzene rings is 1. The van der Waals surface area contributed by atoms with Gasteiger partial charge in [0.25, 0.3) is 0 Å². The van der Waals surface area contributed by atoms with Gasteiger partial charge in [0, 0.05) is 18.4 Å². The SMILES string of the molecule is COc1ccc(CCN[C@H](C)c2cccnc2)cc1. The first-order valence-electron chi connectivity index (χ1n) is 6.56. The summed E-state index contributed by atoms with van der Waals surface area (Å²) in [6.45, 7) is 3.10. The lowest BCUT2D eigenvalue weighted by molar-refractivity contribution is 0.414. The molecule has 2 aromatic rings. The van der Waals surface area contributed by atoms with Gasteiger partial charge in [-0.2, -0.15) is 0 Å². The predicted molar refractivity (Wildman–Crippen MR) is 77.4 cm³/mol. The van der Waals surface area contributed by atoms with Crippen LogP contribution in [0.5, 0.6) is 5.75 Å². The molecular weight excluding hydrogens is 236 g/mol. The minimum Gasteiger partial charge on any atom is -0.497 e. The molecule has 0 radical (unpaired) electrons. The number of aromatic nitrogens is 1. The van der Waals surface area contributed by atoms with E-state index in [1.54, 1.807) is 13.3 Å². The number of nitrogens with one attached hydrogen (secondary N) is 1. The van der Waals surface area contributed by atoms with Crippen molar-refractivity contribution < 1.29 is 4.74 Å². The number of hydrogen-bond donors (Lipinski definition) is 1. The lowest BCUT2D eigenvalue weighted by Crippen LogP contribution is -2.21. The van der Waals surface area contributed by atoms with Gasteiger partial charge in [-0.3, -0.25) is 4.98 Å². The summed E-state index contributed by atoms with van der Waals surface area (Å²) in [4.78, 5) is 4.14. The first-order chi connectivity index (χ1) is 9.29. The molecule has 0 bridgehead atoms. The molecule has 2 rings (SSSR count). The third-order valence-electron chi connectivity index (χ3n) is 3.21. The Hall–Kier alpha value is -1.87. The maximum atomic E-state index is 5.15. The number of rotatable bonds is 6. The van der Waals surface area contributed by atoms with Gasteiger partial charge in [-0.1, -0.05) is 18.2 Å². The Kier molecular flexibility index (Phi) is 4.93. The highest BCUT2D eigenvalue weighted by Crippen LogP contribution is 2.12. The second-order valence-electron chi connectivity index (χ2n) is 4.56. The van der Waals surface area contributed by atoms with Gasteiger partial charge in [-0.25, -0.2) is 0 Å². The topological polar surface area (TPSA) is 34.1 Å². The average Bonchev–Trinajstić information content (AvgIpc) is 2.49. The monoisotopic (exact) mass is 256 g/mol. The summed E-state index contributed by atoms with van der Waals surface area (Å²) in [5, 5.41) is 3.50. The molecule has 100 valence electrons. The molecule has 19 heavy (non-hydrogen) atoms. The van der Waals surface area contributed by atoms with Gasteiger partial charge in [-0.05, 0) is 49.2 Å². The maximum Gasteiger partial charge on any atom is 0.118 e. The molecule has 0 aliphatic rings. The lowest BCUT2D eigenvalue weighted by atomic mass is 10.1. The molecular formula is C16H20N2O. The summed E-state index contributed by atoms with van der Waals surface area (Å²) in [5.41, 5.74) is 2.53. The summed E-state index contributed by atoms with van der Waals surface area (Å²) >= 11 is 0. The van der Waals surface area contributed by atoms with E-state index in [2.05, 4.69) is 35.4 Å². The van der Waals surface area contributed by atoms with Crippen molar-refractivity contribution in [3.63, 3.8) is 0 Å². The number of nitrogens with zero attached hydrogens (tertiary/aromatic N) is 1. The second-order valence-corrected chi connectivity index (χ2v) is 4.56. The zero-order chi connectivity index (χ0) is 13.5. The third-order valence-corrected chi connectivity index (χ3v) is 3.21. The van der Waals surface area contributed by atoms with Gasteiger partial charge in [0.2, 0.25) is 0 Å². The van der Waals surface area contributed by atoms with Gasteiger partial charge < -0.3 is 10.1 Å². The maximum absolute atomic E-state index is 5.15. The van der Waals surface area contributed by atoms with Gasteiger partial charge in [0.15, 0.2) is 0 Å². The highest BCUT2D eigenvalue weighted by molar-refractivity contribution is 5.27. The number of hydrogen-bond acceptors (Lipinski definition) is 3. The van der Waals surface area contributed by atoms with Crippen LogP contribution in [0.15, 0.2) is 48.8 Å². The van der Waals surface area contributed by atoms with Crippen LogP contribution in [0.4, 0.5) is 0 Å². The van der Waals surface area contributed by atoms with Crippen LogP contribution < -0.4 is 10.1 Å². The van der Waals surface area contributed by atoms with E-state index >= 15 is 0 Å². The lowest BCUT2D eigenvalue weighted by Gasteiger charge is -2.13. The molecule has 0 aliphatic carbocycles. The summed E-state index contributed by atoms with van der Waals surface area (Å²) in [7, 11) is 1.69. The molecule has 1 atom stereocenters. The average molecular weight is 256 g/mol. The summed E-state index contributed by atoms with van der Waals surface area (Å²) in [5.74, 6) is 0.903. The van der Waals surface area contributed by atoms with Crippen molar-refractivity contribution in [3.8, 4) is 5.75 Å². The molecule has 0 saturated carbocycles. The molecule has 0 amide bonds. The smallest absolute Gasteiger partial charge is 0.118 e. The van der Waals surface area contributed by atoms with Crippen LogP contribution in [-0.2, 0) is 6.42 Å². The van der Waals surface area contributed by atoms with E-state index in [1.807, 2.05) is 24.4 Å². The van der Waals surface area contributed by atoms with Crippen molar-refractivity contribution in [2.45, 2.75) is 19.4 Å². The molecule has 1 heterocycles. The molecule has 3 heteroatoms. The van der Waals surface area contributed by atoms with Crippen LogP contribution >= 0.6 is 0 Å². The first kappa shape index (κ1) is 13.6. The van der Waals surface area contributed by atoms with Crippen molar-refractivity contribution in [2.24, 2.45) is 0 Å². The predicted octanol–water partition coefficient (Wildman–Crippen LogP) is 2.98. The Morgan fingerprint density at radius 2 is 2.00 bits per heavy atom. The minimum atomic E-state index is 0.326. The fourth-order valence-corrected chi connectivity index (χ4v) is 1.98. The molecule has 0 saturated heterocycles. The van der Waals surface area contributed by atoms with Crippen molar-refractivity contribution in [2.75, 3.05) is 13.7 Å². The Labute approximate surface area is 114 Å². The van der Waals surface area contributed by atoms with E-state index < -0.39 is 0 Å². The summed E-state index contributed by atoms with van der Waals surface area (Å²) in [6, 6.07) is 12.6. The van der Waals surface area contributed by atoms with Crippen LogP contribution in [0.2, 0.25) is 0 Å². The van der Waals surface area contributed by atoms with Crippen LogP contribution in [0, 0.1) is 0 Å². The zero-order valence-corrected chi connectivity index (χ0v) is 11.5. The van der Waals surface area contributed by atoms with Crippen molar-refractivity contribution in [1.29, 1.82) is 0 Å². The molecule has 0 aliphatic heterocycles. The fourth-order valence-electron chi connectivity index (χ4n) is 1.98. The Morgan fingerprint density at radius 3 is 2.63 bits per heavy atom. The molecule has 1 N–H and O–H groups in total. The number of ether oxygens (including phenoxy) is 1. The Bertz CT molecular complexity index is 482. The van der Waals surface area contributed by atoms with Gasteiger partial charge in [0.05, 0.1) is 7.11 Å². The first-order valence-corrected chi connectivity index (χ1v) is 6.56. The molecule has 0 spiro atoms. The van der Waals surface area contributed by atoms with Crippen LogP contribution in [0.3, 0.4) is 0 Å². The quantitative estimate of drug-likeness (QED) is 0.862. The summed E-state index contributed by atoms with van der Waals surface area (Å²) in [6.07, 6.45) is 4.72. The second kappa shape index (κ2) is 6.90. The zero-order valence-electron chi connectivity index (χ0n) is 11.5. The standard InChI is InChI=1S/C16H20N2O/c1-13(15-4-3-10-17-12-15)18-11-9-14-5-7-16(19-2)8-6-14/h3-8,10,12-13,18H,9,11H2,1-2H3/t13-/m1/s1. The van der Waals surface area contributed by atoms with Crippen molar-refractivity contribution >= 4 is 0 Å². The van der Waals surface area contributed by atoms with Gasteiger partial charge in [-0.15, -0.1) is 0 Å². The normalized spacial score (nSPS) is 12.1. The third kappa shape index (κ3) is 4.07. The summed E-state index contributed by atoms with van der Waals surface area (Å²) < 4.78 is 5.15. The van der Waals surface area contributed by atoms with E-state index in [9.17, 15) is 0 Å². The van der Waals surface area contributed by atoms with Gasteiger partial charge >= 0.3 is 0 Å². The Balaban J connectivity index is 1.79. The van der Waals surface area contributed by atoms with E-state index in [1.165, 1.54) is 11.1 Å². The molecule has 3 nitrogen and oxygen atoms in total. The van der Waals surface area contributed by atoms with Gasteiger partial charge in [0.1, 0.15) is 5.75 Å². The Morgan fingerprint density at radius 1 is 1.21 bits per heavy atom. The fraction of sp³-hybridized carbons (Fsp3) is 0.312. The molecule has 1 aromatic heterocycles.